The fourth-order valence-electron chi connectivity index (χ4n) is 3.20. The van der Waals surface area contributed by atoms with E-state index in [-0.39, 0.29) is 0 Å². The summed E-state index contributed by atoms with van der Waals surface area (Å²) in [4.78, 5) is 0. The van der Waals surface area contributed by atoms with Gasteiger partial charge in [-0.25, -0.2) is 0 Å². The van der Waals surface area contributed by atoms with Crippen molar-refractivity contribution in [2.24, 2.45) is 0 Å². The SMILES string of the molecule is C=CCCCC(NCC)C1CCc2ccccc21. The Labute approximate surface area is 111 Å². The fraction of sp³-hybridized carbons (Fsp3) is 0.529. The van der Waals surface area contributed by atoms with Crippen LogP contribution in [-0.4, -0.2) is 12.6 Å². The molecule has 1 aliphatic carbocycles. The Morgan fingerprint density at radius 2 is 2.28 bits per heavy atom. The summed E-state index contributed by atoms with van der Waals surface area (Å²) < 4.78 is 0. The normalized spacial score (nSPS) is 19.5. The molecule has 1 heteroatoms. The predicted octanol–water partition coefficient (Wildman–Crippen LogP) is 4.05. The Hall–Kier alpha value is -1.08. The van der Waals surface area contributed by atoms with Crippen molar-refractivity contribution in [2.45, 2.75) is 51.0 Å². The first kappa shape index (κ1) is 13.4. The average molecular weight is 243 g/mol. The van der Waals surface area contributed by atoms with Crippen molar-refractivity contribution in [1.82, 2.24) is 5.32 Å². The van der Waals surface area contributed by atoms with Crippen LogP contribution < -0.4 is 5.32 Å². The van der Waals surface area contributed by atoms with E-state index in [2.05, 4.69) is 43.1 Å². The summed E-state index contributed by atoms with van der Waals surface area (Å²) in [6.45, 7) is 7.09. The van der Waals surface area contributed by atoms with Crippen LogP contribution in [0.25, 0.3) is 0 Å². The number of hydrogen-bond donors (Lipinski definition) is 1. The number of benzene rings is 1. The molecule has 0 aliphatic heterocycles. The minimum Gasteiger partial charge on any atom is -0.314 e. The molecule has 0 spiro atoms. The van der Waals surface area contributed by atoms with Gasteiger partial charge in [-0.2, -0.15) is 0 Å². The van der Waals surface area contributed by atoms with Gasteiger partial charge in [-0.3, -0.25) is 0 Å². The summed E-state index contributed by atoms with van der Waals surface area (Å²) in [6, 6.07) is 9.61. The number of allylic oxidation sites excluding steroid dienone is 1. The number of hydrogen-bond acceptors (Lipinski definition) is 1. The molecule has 0 bridgehead atoms. The van der Waals surface area contributed by atoms with Gasteiger partial charge >= 0.3 is 0 Å². The summed E-state index contributed by atoms with van der Waals surface area (Å²) in [5.41, 5.74) is 3.15. The van der Waals surface area contributed by atoms with E-state index in [1.165, 1.54) is 25.7 Å². The van der Waals surface area contributed by atoms with Crippen LogP contribution in [0.5, 0.6) is 0 Å². The molecule has 1 aromatic rings. The molecule has 18 heavy (non-hydrogen) atoms. The zero-order valence-electron chi connectivity index (χ0n) is 11.5. The molecule has 0 heterocycles. The van der Waals surface area contributed by atoms with Crippen LogP contribution in [0.2, 0.25) is 0 Å². The molecule has 1 nitrogen and oxygen atoms in total. The summed E-state index contributed by atoms with van der Waals surface area (Å²) in [6.07, 6.45) is 8.25. The van der Waals surface area contributed by atoms with Gasteiger partial charge in [0.2, 0.25) is 0 Å². The largest absolute Gasteiger partial charge is 0.314 e. The minimum absolute atomic E-state index is 0.638. The van der Waals surface area contributed by atoms with E-state index >= 15 is 0 Å². The lowest BCUT2D eigenvalue weighted by Gasteiger charge is -2.25. The molecule has 0 aromatic heterocycles. The molecule has 2 atom stereocenters. The minimum atomic E-state index is 0.638. The van der Waals surface area contributed by atoms with E-state index in [0.717, 1.165) is 13.0 Å². The highest BCUT2D eigenvalue weighted by Gasteiger charge is 2.28. The lowest BCUT2D eigenvalue weighted by atomic mass is 9.89. The third-order valence-electron chi connectivity index (χ3n) is 4.05. The van der Waals surface area contributed by atoms with Crippen LogP contribution in [0.1, 0.15) is 49.7 Å². The number of rotatable bonds is 7. The highest BCUT2D eigenvalue weighted by molar-refractivity contribution is 5.36. The molecule has 98 valence electrons. The van der Waals surface area contributed by atoms with Gasteiger partial charge in [-0.15, -0.1) is 6.58 Å². The first-order chi connectivity index (χ1) is 8.86. The maximum atomic E-state index is 3.82. The number of unbranched alkanes of at least 4 members (excludes halogenated alkanes) is 1. The second kappa shape index (κ2) is 6.75. The first-order valence-electron chi connectivity index (χ1n) is 7.29. The van der Waals surface area contributed by atoms with Crippen molar-refractivity contribution < 1.29 is 0 Å². The molecule has 0 amide bonds. The van der Waals surface area contributed by atoms with Gasteiger partial charge in [-0.1, -0.05) is 37.3 Å². The van der Waals surface area contributed by atoms with Crippen molar-refractivity contribution in [1.29, 1.82) is 0 Å². The summed E-state index contributed by atoms with van der Waals surface area (Å²) in [5.74, 6) is 0.714. The molecule has 1 aliphatic rings. The molecule has 2 rings (SSSR count). The number of fused-ring (bicyclic) bond motifs is 1. The van der Waals surface area contributed by atoms with Crippen LogP contribution in [-0.2, 0) is 6.42 Å². The maximum absolute atomic E-state index is 3.82. The van der Waals surface area contributed by atoms with Crippen molar-refractivity contribution in [3.63, 3.8) is 0 Å². The Bertz CT molecular complexity index is 383. The Balaban J connectivity index is 2.05. The highest BCUT2D eigenvalue weighted by atomic mass is 14.9. The lowest BCUT2D eigenvalue weighted by Crippen LogP contribution is -2.34. The van der Waals surface area contributed by atoms with Gasteiger partial charge in [-0.05, 0) is 55.7 Å². The fourth-order valence-corrected chi connectivity index (χ4v) is 3.20. The lowest BCUT2D eigenvalue weighted by molar-refractivity contribution is 0.405. The molecular formula is C17H25N. The summed E-state index contributed by atoms with van der Waals surface area (Å²) in [5, 5.41) is 3.69. The molecule has 0 radical (unpaired) electrons. The van der Waals surface area contributed by atoms with E-state index in [9.17, 15) is 0 Å². The van der Waals surface area contributed by atoms with Crippen LogP contribution in [0.3, 0.4) is 0 Å². The van der Waals surface area contributed by atoms with Gasteiger partial charge in [0, 0.05) is 6.04 Å². The summed E-state index contributed by atoms with van der Waals surface area (Å²) in [7, 11) is 0. The number of nitrogens with one attached hydrogen (secondary N) is 1. The van der Waals surface area contributed by atoms with Crippen LogP contribution >= 0.6 is 0 Å². The smallest absolute Gasteiger partial charge is 0.0136 e. The van der Waals surface area contributed by atoms with Crippen LogP contribution in [0, 0.1) is 0 Å². The molecule has 0 saturated heterocycles. The Morgan fingerprint density at radius 3 is 3.06 bits per heavy atom. The summed E-state index contributed by atoms with van der Waals surface area (Å²) >= 11 is 0. The second-order valence-corrected chi connectivity index (χ2v) is 5.23. The first-order valence-corrected chi connectivity index (χ1v) is 7.29. The molecule has 2 unspecified atom stereocenters. The van der Waals surface area contributed by atoms with Gasteiger partial charge in [0.15, 0.2) is 0 Å². The Morgan fingerprint density at radius 1 is 1.44 bits per heavy atom. The number of likely N-dealkylation sites (N-methyl/N-ethyl adjacent to an activating group) is 1. The zero-order chi connectivity index (χ0) is 12.8. The van der Waals surface area contributed by atoms with Crippen molar-refractivity contribution in [2.75, 3.05) is 6.54 Å². The third kappa shape index (κ3) is 3.02. The maximum Gasteiger partial charge on any atom is 0.0136 e. The van der Waals surface area contributed by atoms with E-state index in [0.29, 0.717) is 12.0 Å². The monoisotopic (exact) mass is 243 g/mol. The molecule has 0 fully saturated rings. The van der Waals surface area contributed by atoms with Crippen molar-refractivity contribution in [3.8, 4) is 0 Å². The standard InChI is InChI=1S/C17H25N/c1-3-5-6-11-17(18-4-2)16-13-12-14-9-7-8-10-15(14)16/h3,7-10,16-18H,1,4-6,11-13H2,2H3. The van der Waals surface area contributed by atoms with Gasteiger partial charge < -0.3 is 5.32 Å². The van der Waals surface area contributed by atoms with E-state index in [1.807, 2.05) is 6.08 Å². The van der Waals surface area contributed by atoms with Crippen LogP contribution in [0.4, 0.5) is 0 Å². The van der Waals surface area contributed by atoms with Gasteiger partial charge in [0.1, 0.15) is 0 Å². The van der Waals surface area contributed by atoms with Crippen molar-refractivity contribution in [3.05, 3.63) is 48.0 Å². The molecule has 1 aromatic carbocycles. The van der Waals surface area contributed by atoms with E-state index in [4.69, 9.17) is 0 Å². The highest BCUT2D eigenvalue weighted by Crippen LogP contribution is 2.36. The third-order valence-corrected chi connectivity index (χ3v) is 4.05. The van der Waals surface area contributed by atoms with E-state index < -0.39 is 0 Å². The average Bonchev–Trinajstić information content (AvgIpc) is 2.82. The topological polar surface area (TPSA) is 12.0 Å². The quantitative estimate of drug-likeness (QED) is 0.563. The second-order valence-electron chi connectivity index (χ2n) is 5.23. The van der Waals surface area contributed by atoms with Gasteiger partial charge in [0.05, 0.1) is 0 Å². The zero-order valence-corrected chi connectivity index (χ0v) is 11.5. The van der Waals surface area contributed by atoms with Crippen LogP contribution in [0.15, 0.2) is 36.9 Å². The van der Waals surface area contributed by atoms with Crippen molar-refractivity contribution >= 4 is 0 Å². The number of aryl methyl sites for hydroxylation is 1. The molecular weight excluding hydrogens is 218 g/mol. The molecule has 0 saturated carbocycles. The Kier molecular flexibility index (Phi) is 5.00. The van der Waals surface area contributed by atoms with Gasteiger partial charge in [0.25, 0.3) is 0 Å². The molecule has 1 N–H and O–H groups in total. The predicted molar refractivity (Wildman–Crippen MR) is 79.0 cm³/mol. The van der Waals surface area contributed by atoms with E-state index in [1.54, 1.807) is 11.1 Å².